The molecule has 0 aromatic heterocycles. The molecule has 0 amide bonds. The molecule has 5 heteroatoms. The van der Waals surface area contributed by atoms with Crippen molar-refractivity contribution in [3.8, 4) is 0 Å². The first-order chi connectivity index (χ1) is 8.06. The van der Waals surface area contributed by atoms with Gasteiger partial charge in [0, 0.05) is 19.3 Å². The Bertz CT molecular complexity index is 227. The highest BCUT2D eigenvalue weighted by molar-refractivity contribution is 5.69. The van der Waals surface area contributed by atoms with Crippen LogP contribution in [0.4, 0.5) is 0 Å². The Hall–Kier alpha value is -1.10. The highest BCUT2D eigenvalue weighted by Crippen LogP contribution is 2.04. The Morgan fingerprint density at radius 2 is 1.82 bits per heavy atom. The zero-order chi connectivity index (χ0) is 13.1. The number of aliphatic carboxylic acids is 1. The van der Waals surface area contributed by atoms with Gasteiger partial charge in [-0.3, -0.25) is 9.59 Å². The number of aliphatic hydroxyl groups excluding tert-OH is 1. The Balaban J connectivity index is 3.37. The molecule has 0 rings (SSSR count). The van der Waals surface area contributed by atoms with Crippen molar-refractivity contribution in [2.75, 3.05) is 6.61 Å². The fourth-order valence-electron chi connectivity index (χ4n) is 1.40. The summed E-state index contributed by atoms with van der Waals surface area (Å²) in [6.07, 6.45) is 3.04. The van der Waals surface area contributed by atoms with Crippen molar-refractivity contribution in [2.45, 2.75) is 58.0 Å². The maximum Gasteiger partial charge on any atom is 0.305 e. The number of carbonyl (C=O) groups is 2. The number of esters is 1. The topological polar surface area (TPSA) is 83.8 Å². The van der Waals surface area contributed by atoms with E-state index in [-0.39, 0.29) is 25.4 Å². The standard InChI is InChI=1S/C12H22O5/c1-2-5-10(13)8-9-17-12(16)7-4-3-6-11(14)15/h10,13H,2-9H2,1H3,(H,14,15). The van der Waals surface area contributed by atoms with Crippen LogP contribution in [-0.2, 0) is 14.3 Å². The molecule has 0 aliphatic carbocycles. The van der Waals surface area contributed by atoms with Gasteiger partial charge in [-0.05, 0) is 19.3 Å². The number of aliphatic hydroxyl groups is 1. The lowest BCUT2D eigenvalue weighted by atomic mass is 10.1. The van der Waals surface area contributed by atoms with Gasteiger partial charge in [0.2, 0.25) is 0 Å². The van der Waals surface area contributed by atoms with E-state index in [1.54, 1.807) is 0 Å². The number of hydrogen-bond donors (Lipinski definition) is 2. The number of carboxylic acid groups (broad SMARTS) is 1. The summed E-state index contributed by atoms with van der Waals surface area (Å²) in [5, 5.41) is 17.8. The average Bonchev–Trinajstić information content (AvgIpc) is 2.24. The van der Waals surface area contributed by atoms with Crippen molar-refractivity contribution in [2.24, 2.45) is 0 Å². The molecule has 0 radical (unpaired) electrons. The first kappa shape index (κ1) is 15.9. The molecule has 0 heterocycles. The second-order valence-corrected chi connectivity index (χ2v) is 4.05. The predicted octanol–water partition coefficient (Wildman–Crippen LogP) is 1.73. The van der Waals surface area contributed by atoms with E-state index in [1.165, 1.54) is 0 Å². The van der Waals surface area contributed by atoms with E-state index in [0.717, 1.165) is 12.8 Å². The number of carbonyl (C=O) groups excluding carboxylic acids is 1. The molecule has 0 saturated carbocycles. The van der Waals surface area contributed by atoms with E-state index in [9.17, 15) is 14.7 Å². The summed E-state index contributed by atoms with van der Waals surface area (Å²) in [5.41, 5.74) is 0. The second kappa shape index (κ2) is 10.1. The van der Waals surface area contributed by atoms with E-state index in [1.807, 2.05) is 6.92 Å². The Morgan fingerprint density at radius 1 is 1.18 bits per heavy atom. The first-order valence-corrected chi connectivity index (χ1v) is 6.11. The average molecular weight is 246 g/mol. The van der Waals surface area contributed by atoms with Crippen molar-refractivity contribution in [1.29, 1.82) is 0 Å². The van der Waals surface area contributed by atoms with Gasteiger partial charge < -0.3 is 14.9 Å². The van der Waals surface area contributed by atoms with Crippen molar-refractivity contribution in [3.63, 3.8) is 0 Å². The molecule has 5 nitrogen and oxygen atoms in total. The van der Waals surface area contributed by atoms with Gasteiger partial charge >= 0.3 is 11.9 Å². The van der Waals surface area contributed by atoms with Crippen LogP contribution >= 0.6 is 0 Å². The van der Waals surface area contributed by atoms with Crippen LogP contribution in [0.5, 0.6) is 0 Å². The minimum absolute atomic E-state index is 0.0858. The number of ether oxygens (including phenoxy) is 1. The summed E-state index contributed by atoms with van der Waals surface area (Å²) in [4.78, 5) is 21.4. The Labute approximate surface area is 102 Å². The number of rotatable bonds is 10. The van der Waals surface area contributed by atoms with Gasteiger partial charge in [-0.15, -0.1) is 0 Å². The molecule has 0 aliphatic rings. The third-order valence-corrected chi connectivity index (χ3v) is 2.36. The van der Waals surface area contributed by atoms with Gasteiger partial charge in [-0.2, -0.15) is 0 Å². The van der Waals surface area contributed by atoms with Gasteiger partial charge in [0.05, 0.1) is 12.7 Å². The zero-order valence-electron chi connectivity index (χ0n) is 10.4. The van der Waals surface area contributed by atoms with E-state index in [4.69, 9.17) is 9.84 Å². The third kappa shape index (κ3) is 11.2. The molecule has 0 aromatic rings. The molecular weight excluding hydrogens is 224 g/mol. The lowest BCUT2D eigenvalue weighted by molar-refractivity contribution is -0.145. The summed E-state index contributed by atoms with van der Waals surface area (Å²) in [6, 6.07) is 0. The van der Waals surface area contributed by atoms with E-state index in [0.29, 0.717) is 19.3 Å². The third-order valence-electron chi connectivity index (χ3n) is 2.36. The molecular formula is C12H22O5. The van der Waals surface area contributed by atoms with Crippen molar-refractivity contribution >= 4 is 11.9 Å². The van der Waals surface area contributed by atoms with Crippen LogP contribution in [0.3, 0.4) is 0 Å². The fourth-order valence-corrected chi connectivity index (χ4v) is 1.40. The SMILES string of the molecule is CCCC(O)CCOC(=O)CCCCC(=O)O. The highest BCUT2D eigenvalue weighted by atomic mass is 16.5. The molecule has 0 aromatic carbocycles. The van der Waals surface area contributed by atoms with Crippen LogP contribution in [0.2, 0.25) is 0 Å². The maximum atomic E-state index is 11.2. The Morgan fingerprint density at radius 3 is 2.41 bits per heavy atom. The van der Waals surface area contributed by atoms with E-state index >= 15 is 0 Å². The molecule has 2 N–H and O–H groups in total. The first-order valence-electron chi connectivity index (χ1n) is 6.11. The monoisotopic (exact) mass is 246 g/mol. The minimum Gasteiger partial charge on any atom is -0.481 e. The van der Waals surface area contributed by atoms with Gasteiger partial charge in [0.25, 0.3) is 0 Å². The normalized spacial score (nSPS) is 12.1. The van der Waals surface area contributed by atoms with Gasteiger partial charge in [-0.25, -0.2) is 0 Å². The molecule has 0 saturated heterocycles. The summed E-state index contributed by atoms with van der Waals surface area (Å²) in [6.45, 7) is 2.22. The zero-order valence-corrected chi connectivity index (χ0v) is 10.4. The number of carboxylic acids is 1. The quantitative estimate of drug-likeness (QED) is 0.453. The van der Waals surface area contributed by atoms with Gasteiger partial charge in [0.1, 0.15) is 0 Å². The van der Waals surface area contributed by atoms with E-state index in [2.05, 4.69) is 0 Å². The van der Waals surface area contributed by atoms with Crippen LogP contribution in [0, 0.1) is 0 Å². The fraction of sp³-hybridized carbons (Fsp3) is 0.833. The largest absolute Gasteiger partial charge is 0.481 e. The highest BCUT2D eigenvalue weighted by Gasteiger charge is 2.06. The minimum atomic E-state index is -0.846. The van der Waals surface area contributed by atoms with Gasteiger partial charge in [0.15, 0.2) is 0 Å². The van der Waals surface area contributed by atoms with Gasteiger partial charge in [-0.1, -0.05) is 13.3 Å². The smallest absolute Gasteiger partial charge is 0.305 e. The molecule has 0 bridgehead atoms. The van der Waals surface area contributed by atoms with Crippen LogP contribution in [-0.4, -0.2) is 34.9 Å². The van der Waals surface area contributed by atoms with Crippen LogP contribution in [0.1, 0.15) is 51.9 Å². The number of unbranched alkanes of at least 4 members (excludes halogenated alkanes) is 1. The maximum absolute atomic E-state index is 11.2. The van der Waals surface area contributed by atoms with Crippen LogP contribution in [0.25, 0.3) is 0 Å². The molecule has 0 aliphatic heterocycles. The van der Waals surface area contributed by atoms with Crippen LogP contribution in [0.15, 0.2) is 0 Å². The Kier molecular flexibility index (Phi) is 9.43. The summed E-state index contributed by atoms with van der Waals surface area (Å²) in [7, 11) is 0. The predicted molar refractivity (Wildman–Crippen MR) is 62.6 cm³/mol. The lowest BCUT2D eigenvalue weighted by Gasteiger charge is -2.09. The molecule has 17 heavy (non-hydrogen) atoms. The molecule has 0 spiro atoms. The van der Waals surface area contributed by atoms with E-state index < -0.39 is 12.1 Å². The van der Waals surface area contributed by atoms with Crippen LogP contribution < -0.4 is 0 Å². The molecule has 1 atom stereocenters. The second-order valence-electron chi connectivity index (χ2n) is 4.05. The molecule has 100 valence electrons. The molecule has 1 unspecified atom stereocenters. The van der Waals surface area contributed by atoms with Crippen molar-refractivity contribution in [1.82, 2.24) is 0 Å². The van der Waals surface area contributed by atoms with Crippen molar-refractivity contribution in [3.05, 3.63) is 0 Å². The summed E-state index contributed by atoms with van der Waals surface area (Å²) in [5.74, 6) is -1.17. The number of hydrogen-bond acceptors (Lipinski definition) is 4. The summed E-state index contributed by atoms with van der Waals surface area (Å²) < 4.78 is 4.92. The lowest BCUT2D eigenvalue weighted by Crippen LogP contribution is -2.13. The summed E-state index contributed by atoms with van der Waals surface area (Å²) >= 11 is 0. The van der Waals surface area contributed by atoms with Crippen molar-refractivity contribution < 1.29 is 24.5 Å². The molecule has 0 fully saturated rings.